The highest BCUT2D eigenvalue weighted by Gasteiger charge is 2.12. The molecule has 20 heavy (non-hydrogen) atoms. The van der Waals surface area contributed by atoms with Gasteiger partial charge in [-0.05, 0) is 17.7 Å². The minimum atomic E-state index is 0.604. The quantitative estimate of drug-likeness (QED) is 0.765. The zero-order valence-corrected chi connectivity index (χ0v) is 12.3. The molecule has 4 heteroatoms. The van der Waals surface area contributed by atoms with Crippen molar-refractivity contribution in [1.29, 1.82) is 0 Å². The molecule has 3 aromatic rings. The molecule has 0 aliphatic rings. The van der Waals surface area contributed by atoms with Crippen LogP contribution in [0.2, 0.25) is 5.02 Å². The zero-order chi connectivity index (χ0) is 13.9. The molecule has 0 spiro atoms. The Bertz CT molecular complexity index is 705. The molecule has 1 heterocycles. The van der Waals surface area contributed by atoms with E-state index in [4.69, 9.17) is 17.3 Å². The Balaban J connectivity index is 1.96. The molecule has 2 nitrogen and oxygen atoms in total. The number of rotatable bonds is 3. The molecule has 3 rings (SSSR count). The van der Waals surface area contributed by atoms with Gasteiger partial charge in [-0.2, -0.15) is 0 Å². The van der Waals surface area contributed by atoms with Crippen LogP contribution in [0.25, 0.3) is 11.3 Å². The van der Waals surface area contributed by atoms with Crippen molar-refractivity contribution in [2.45, 2.75) is 6.42 Å². The van der Waals surface area contributed by atoms with Crippen LogP contribution in [0.5, 0.6) is 0 Å². The Morgan fingerprint density at radius 2 is 1.70 bits per heavy atom. The van der Waals surface area contributed by atoms with Crippen LogP contribution >= 0.6 is 22.9 Å². The standard InChI is InChI=1S/C16H13ClN2S/c17-13-8-6-11(7-9-13)10-14-15(19-16(18)20-14)12-4-2-1-3-5-12/h1-9H,10H2,(H2,18,19). The summed E-state index contributed by atoms with van der Waals surface area (Å²) in [4.78, 5) is 5.64. The number of halogens is 1. The topological polar surface area (TPSA) is 38.9 Å². The molecule has 0 unspecified atom stereocenters. The van der Waals surface area contributed by atoms with Crippen LogP contribution in [0.15, 0.2) is 54.6 Å². The molecule has 0 atom stereocenters. The molecule has 2 aromatic carbocycles. The van der Waals surface area contributed by atoms with Gasteiger partial charge in [0.1, 0.15) is 0 Å². The maximum absolute atomic E-state index is 5.92. The van der Waals surface area contributed by atoms with Gasteiger partial charge in [0.15, 0.2) is 5.13 Å². The monoisotopic (exact) mass is 300 g/mol. The predicted octanol–water partition coefficient (Wildman–Crippen LogP) is 4.64. The Kier molecular flexibility index (Phi) is 3.72. The number of hydrogen-bond donors (Lipinski definition) is 1. The van der Waals surface area contributed by atoms with Crippen LogP contribution in [0, 0.1) is 0 Å². The van der Waals surface area contributed by atoms with Gasteiger partial charge in [-0.15, -0.1) is 11.3 Å². The molecule has 0 radical (unpaired) electrons. The molecule has 0 saturated carbocycles. The van der Waals surface area contributed by atoms with E-state index in [0.29, 0.717) is 5.13 Å². The number of thiazole rings is 1. The summed E-state index contributed by atoms with van der Waals surface area (Å²) in [5, 5.41) is 1.36. The predicted molar refractivity (Wildman–Crippen MR) is 86.2 cm³/mol. The fourth-order valence-electron chi connectivity index (χ4n) is 2.10. The summed E-state index contributed by atoms with van der Waals surface area (Å²) in [6, 6.07) is 18.0. The molecule has 0 bridgehead atoms. The maximum Gasteiger partial charge on any atom is 0.180 e. The fourth-order valence-corrected chi connectivity index (χ4v) is 3.11. The summed E-state index contributed by atoms with van der Waals surface area (Å²) < 4.78 is 0. The van der Waals surface area contributed by atoms with E-state index in [9.17, 15) is 0 Å². The van der Waals surface area contributed by atoms with Crippen molar-refractivity contribution in [2.24, 2.45) is 0 Å². The molecule has 2 N–H and O–H groups in total. The van der Waals surface area contributed by atoms with Crippen LogP contribution in [0.4, 0.5) is 5.13 Å². The second kappa shape index (κ2) is 5.65. The summed E-state index contributed by atoms with van der Waals surface area (Å²) >= 11 is 7.46. The van der Waals surface area contributed by atoms with E-state index in [1.807, 2.05) is 42.5 Å². The molecule has 0 aliphatic carbocycles. The molecular formula is C16H13ClN2S. The second-order valence-corrected chi connectivity index (χ2v) is 6.04. The van der Waals surface area contributed by atoms with Gasteiger partial charge < -0.3 is 5.73 Å². The number of hydrogen-bond acceptors (Lipinski definition) is 3. The van der Waals surface area contributed by atoms with E-state index < -0.39 is 0 Å². The normalized spacial score (nSPS) is 10.7. The number of anilines is 1. The third-order valence-electron chi connectivity index (χ3n) is 3.04. The molecule has 100 valence electrons. The number of nitrogen functional groups attached to an aromatic ring is 1. The van der Waals surface area contributed by atoms with Crippen molar-refractivity contribution in [3.05, 3.63) is 70.1 Å². The van der Waals surface area contributed by atoms with E-state index in [1.165, 1.54) is 10.4 Å². The first-order valence-corrected chi connectivity index (χ1v) is 7.47. The molecule has 0 aliphatic heterocycles. The number of nitrogens with two attached hydrogens (primary N) is 1. The van der Waals surface area contributed by atoms with Crippen molar-refractivity contribution in [3.63, 3.8) is 0 Å². The molecular weight excluding hydrogens is 288 g/mol. The molecule has 0 saturated heterocycles. The summed E-state index contributed by atoms with van der Waals surface area (Å²) in [6.07, 6.45) is 0.816. The summed E-state index contributed by atoms with van der Waals surface area (Å²) in [5.41, 5.74) is 9.16. The first-order valence-electron chi connectivity index (χ1n) is 6.27. The van der Waals surface area contributed by atoms with Gasteiger partial charge in [0.25, 0.3) is 0 Å². The van der Waals surface area contributed by atoms with Gasteiger partial charge in [-0.3, -0.25) is 0 Å². The Hall–Kier alpha value is -1.84. The third kappa shape index (κ3) is 2.84. The highest BCUT2D eigenvalue weighted by Crippen LogP contribution is 2.31. The van der Waals surface area contributed by atoms with Crippen molar-refractivity contribution < 1.29 is 0 Å². The third-order valence-corrected chi connectivity index (χ3v) is 4.18. The Morgan fingerprint density at radius 3 is 2.40 bits per heavy atom. The summed E-state index contributed by atoms with van der Waals surface area (Å²) in [6.45, 7) is 0. The van der Waals surface area contributed by atoms with Gasteiger partial charge in [0.2, 0.25) is 0 Å². The lowest BCUT2D eigenvalue weighted by Crippen LogP contribution is -1.89. The fraction of sp³-hybridized carbons (Fsp3) is 0.0625. The van der Waals surface area contributed by atoms with Crippen LogP contribution in [-0.4, -0.2) is 4.98 Å². The summed E-state index contributed by atoms with van der Waals surface area (Å²) in [7, 11) is 0. The van der Waals surface area contributed by atoms with Crippen molar-refractivity contribution >= 4 is 28.1 Å². The van der Waals surface area contributed by atoms with E-state index in [-0.39, 0.29) is 0 Å². The first-order chi connectivity index (χ1) is 9.72. The van der Waals surface area contributed by atoms with Crippen molar-refractivity contribution in [2.75, 3.05) is 5.73 Å². The number of benzene rings is 2. The lowest BCUT2D eigenvalue weighted by atomic mass is 10.1. The van der Waals surface area contributed by atoms with Crippen LogP contribution in [0.3, 0.4) is 0 Å². The smallest absolute Gasteiger partial charge is 0.180 e. The SMILES string of the molecule is Nc1nc(-c2ccccc2)c(Cc2ccc(Cl)cc2)s1. The average Bonchev–Trinajstić information content (AvgIpc) is 2.83. The Labute approximate surface area is 126 Å². The van der Waals surface area contributed by atoms with Crippen LogP contribution < -0.4 is 5.73 Å². The minimum Gasteiger partial charge on any atom is -0.375 e. The van der Waals surface area contributed by atoms with Crippen molar-refractivity contribution in [1.82, 2.24) is 4.98 Å². The van der Waals surface area contributed by atoms with Crippen LogP contribution in [0.1, 0.15) is 10.4 Å². The van der Waals surface area contributed by atoms with Gasteiger partial charge in [0, 0.05) is 21.9 Å². The molecule has 1 aromatic heterocycles. The van der Waals surface area contributed by atoms with Crippen LogP contribution in [-0.2, 0) is 6.42 Å². The van der Waals surface area contributed by atoms with E-state index >= 15 is 0 Å². The minimum absolute atomic E-state index is 0.604. The van der Waals surface area contributed by atoms with Gasteiger partial charge in [-0.25, -0.2) is 4.98 Å². The molecule has 0 fully saturated rings. The average molecular weight is 301 g/mol. The maximum atomic E-state index is 5.92. The largest absolute Gasteiger partial charge is 0.375 e. The zero-order valence-electron chi connectivity index (χ0n) is 10.7. The lowest BCUT2D eigenvalue weighted by molar-refractivity contribution is 1.22. The van der Waals surface area contributed by atoms with Gasteiger partial charge >= 0.3 is 0 Å². The van der Waals surface area contributed by atoms with Gasteiger partial charge in [0.05, 0.1) is 5.69 Å². The van der Waals surface area contributed by atoms with E-state index in [2.05, 4.69) is 17.1 Å². The summed E-state index contributed by atoms with van der Waals surface area (Å²) in [5.74, 6) is 0. The highest BCUT2D eigenvalue weighted by atomic mass is 35.5. The number of nitrogens with zero attached hydrogens (tertiary/aromatic N) is 1. The second-order valence-electron chi connectivity index (χ2n) is 4.49. The van der Waals surface area contributed by atoms with E-state index in [0.717, 1.165) is 22.7 Å². The highest BCUT2D eigenvalue weighted by molar-refractivity contribution is 7.15. The van der Waals surface area contributed by atoms with E-state index in [1.54, 1.807) is 11.3 Å². The van der Waals surface area contributed by atoms with Gasteiger partial charge in [-0.1, -0.05) is 54.1 Å². The number of aromatic nitrogens is 1. The first kappa shape index (κ1) is 13.2. The molecule has 0 amide bonds. The lowest BCUT2D eigenvalue weighted by Gasteiger charge is -2.03. The Morgan fingerprint density at radius 1 is 1.00 bits per heavy atom. The van der Waals surface area contributed by atoms with Crippen molar-refractivity contribution in [3.8, 4) is 11.3 Å².